The van der Waals surface area contributed by atoms with Crippen LogP contribution in [0.25, 0.3) is 6.08 Å². The highest BCUT2D eigenvalue weighted by molar-refractivity contribution is 5.86. The van der Waals surface area contributed by atoms with Gasteiger partial charge in [-0.15, -0.1) is 0 Å². The Hall–Kier alpha value is -3.12. The van der Waals surface area contributed by atoms with Crippen LogP contribution >= 0.6 is 0 Å². The van der Waals surface area contributed by atoms with Crippen LogP contribution in [0.4, 0.5) is 0 Å². The van der Waals surface area contributed by atoms with E-state index in [1.807, 2.05) is 60.7 Å². The zero-order valence-electron chi connectivity index (χ0n) is 18.7. The zero-order chi connectivity index (χ0) is 22.7. The molecular formula is C26H29NO5. The van der Waals surface area contributed by atoms with Gasteiger partial charge < -0.3 is 19.0 Å². The number of para-hydroxylation sites is 2. The second-order valence-electron chi connectivity index (χ2n) is 8.24. The van der Waals surface area contributed by atoms with Crippen LogP contribution in [0.3, 0.4) is 0 Å². The van der Waals surface area contributed by atoms with Crippen molar-refractivity contribution in [2.24, 2.45) is 5.92 Å². The third-order valence-corrected chi connectivity index (χ3v) is 6.90. The van der Waals surface area contributed by atoms with Crippen LogP contribution < -0.4 is 9.47 Å². The molecule has 2 saturated heterocycles. The summed E-state index contributed by atoms with van der Waals surface area (Å²) >= 11 is 0. The van der Waals surface area contributed by atoms with Gasteiger partial charge in [0.1, 0.15) is 23.3 Å². The molecule has 2 fully saturated rings. The summed E-state index contributed by atoms with van der Waals surface area (Å²) in [5, 5.41) is 0. The van der Waals surface area contributed by atoms with Gasteiger partial charge >= 0.3 is 5.97 Å². The highest BCUT2D eigenvalue weighted by Crippen LogP contribution is 2.56. The van der Waals surface area contributed by atoms with Gasteiger partial charge in [0.15, 0.2) is 0 Å². The predicted molar refractivity (Wildman–Crippen MR) is 122 cm³/mol. The van der Waals surface area contributed by atoms with Gasteiger partial charge in [0.05, 0.1) is 21.3 Å². The van der Waals surface area contributed by atoms with E-state index in [4.69, 9.17) is 14.2 Å². The fourth-order valence-electron chi connectivity index (χ4n) is 5.64. The predicted octanol–water partition coefficient (Wildman–Crippen LogP) is 3.71. The lowest BCUT2D eigenvalue weighted by molar-refractivity contribution is -0.153. The van der Waals surface area contributed by atoms with E-state index in [2.05, 4.69) is 4.90 Å². The number of hydrogen-bond donors (Lipinski definition) is 0. The molecule has 0 N–H and O–H groups in total. The molecule has 32 heavy (non-hydrogen) atoms. The number of carbonyl (C=O) groups excluding carboxylic acids is 2. The summed E-state index contributed by atoms with van der Waals surface area (Å²) in [6.07, 6.45) is 6.47. The minimum Gasteiger partial charge on any atom is -0.496 e. The Morgan fingerprint density at radius 1 is 1.03 bits per heavy atom. The lowest BCUT2D eigenvalue weighted by Crippen LogP contribution is -2.51. The first-order valence-corrected chi connectivity index (χ1v) is 10.9. The van der Waals surface area contributed by atoms with E-state index in [9.17, 15) is 9.59 Å². The van der Waals surface area contributed by atoms with Crippen molar-refractivity contribution in [1.29, 1.82) is 0 Å². The summed E-state index contributed by atoms with van der Waals surface area (Å²) in [5.74, 6) is 0.321. The third-order valence-electron chi connectivity index (χ3n) is 6.90. The van der Waals surface area contributed by atoms with Gasteiger partial charge in [0.2, 0.25) is 0 Å². The number of ether oxygens (including phenoxy) is 3. The first-order valence-electron chi connectivity index (χ1n) is 10.9. The van der Waals surface area contributed by atoms with Crippen LogP contribution in [0.15, 0.2) is 54.6 Å². The molecule has 0 unspecified atom stereocenters. The summed E-state index contributed by atoms with van der Waals surface area (Å²) in [6.45, 7) is 0.714. The van der Waals surface area contributed by atoms with Gasteiger partial charge in [-0.05, 0) is 31.5 Å². The Balaban J connectivity index is 1.85. The number of methoxy groups -OCH3 is 3. The molecule has 0 saturated carbocycles. The number of carbonyl (C=O) groups is 2. The van der Waals surface area contributed by atoms with E-state index in [1.165, 1.54) is 7.11 Å². The van der Waals surface area contributed by atoms with Crippen molar-refractivity contribution in [3.63, 3.8) is 0 Å². The maximum absolute atomic E-state index is 13.3. The molecule has 2 aliphatic heterocycles. The number of rotatable bonds is 7. The molecule has 2 aromatic rings. The zero-order valence-corrected chi connectivity index (χ0v) is 18.7. The lowest BCUT2D eigenvalue weighted by atomic mass is 9.73. The molecular weight excluding hydrogens is 406 g/mol. The monoisotopic (exact) mass is 435 g/mol. The van der Waals surface area contributed by atoms with E-state index in [0.29, 0.717) is 18.7 Å². The molecule has 0 radical (unpaired) electrons. The molecule has 0 amide bonds. The Bertz CT molecular complexity index is 1020. The summed E-state index contributed by atoms with van der Waals surface area (Å²) in [5.41, 5.74) is 0.867. The second kappa shape index (κ2) is 9.17. The molecule has 0 bridgehead atoms. The number of hydrogen-bond acceptors (Lipinski definition) is 6. The SMILES string of the molecule is COC(=O)[C@@]12CCCN1[C@H](/C=C/c1ccccc1OC)[C@H](C=O)[C@H]2c1ccccc1OC. The van der Waals surface area contributed by atoms with Crippen LogP contribution in [0.2, 0.25) is 0 Å². The number of nitrogens with zero attached hydrogens (tertiary/aromatic N) is 1. The smallest absolute Gasteiger partial charge is 0.326 e. The van der Waals surface area contributed by atoms with E-state index in [-0.39, 0.29) is 17.9 Å². The summed E-state index contributed by atoms with van der Waals surface area (Å²) in [7, 11) is 4.66. The van der Waals surface area contributed by atoms with E-state index >= 15 is 0 Å². The number of aldehydes is 1. The Labute approximate surface area is 188 Å². The van der Waals surface area contributed by atoms with E-state index < -0.39 is 11.5 Å². The largest absolute Gasteiger partial charge is 0.496 e. The van der Waals surface area contributed by atoms with Crippen molar-refractivity contribution in [3.05, 3.63) is 65.7 Å². The van der Waals surface area contributed by atoms with Crippen LogP contribution in [0.5, 0.6) is 11.5 Å². The molecule has 4 atom stereocenters. The minimum atomic E-state index is -0.912. The molecule has 0 spiro atoms. The maximum Gasteiger partial charge on any atom is 0.326 e. The first-order chi connectivity index (χ1) is 15.6. The van der Waals surface area contributed by atoms with Crippen molar-refractivity contribution in [3.8, 4) is 11.5 Å². The van der Waals surface area contributed by atoms with Crippen molar-refractivity contribution in [2.75, 3.05) is 27.9 Å². The molecule has 6 heteroatoms. The van der Waals surface area contributed by atoms with E-state index in [0.717, 1.165) is 29.6 Å². The summed E-state index contributed by atoms with van der Waals surface area (Å²) in [4.78, 5) is 28.0. The number of benzene rings is 2. The standard InChI is InChI=1S/C26H29NO5/c1-30-22-11-6-4-9-18(22)13-14-21-20(17-28)24(19-10-5-7-12-23(19)31-2)26(25(29)32-3)15-8-16-27(21)26/h4-7,9-14,17,20-21,24H,8,15-16H2,1-3H3/b14-13+/t20-,21+,24+,26-/m0/s1. The highest BCUT2D eigenvalue weighted by atomic mass is 16.5. The summed E-state index contributed by atoms with van der Waals surface area (Å²) in [6, 6.07) is 15.1. The van der Waals surface area contributed by atoms with Crippen LogP contribution in [0, 0.1) is 5.92 Å². The fraction of sp³-hybridized carbons (Fsp3) is 0.385. The van der Waals surface area contributed by atoms with Crippen LogP contribution in [-0.4, -0.2) is 56.6 Å². The molecule has 2 aromatic carbocycles. The quantitative estimate of drug-likeness (QED) is 0.488. The summed E-state index contributed by atoms with van der Waals surface area (Å²) < 4.78 is 16.4. The Kier molecular flexibility index (Phi) is 6.33. The fourth-order valence-corrected chi connectivity index (χ4v) is 5.64. The van der Waals surface area contributed by atoms with Gasteiger partial charge in [-0.2, -0.15) is 0 Å². The molecule has 2 aliphatic rings. The topological polar surface area (TPSA) is 65.1 Å². The molecule has 168 valence electrons. The first kappa shape index (κ1) is 22.1. The Morgan fingerprint density at radius 2 is 1.72 bits per heavy atom. The van der Waals surface area contributed by atoms with Crippen molar-refractivity contribution in [1.82, 2.24) is 4.90 Å². The lowest BCUT2D eigenvalue weighted by Gasteiger charge is -2.36. The number of fused-ring (bicyclic) bond motifs is 1. The highest BCUT2D eigenvalue weighted by Gasteiger charge is 2.65. The molecule has 0 aliphatic carbocycles. The molecule has 2 heterocycles. The van der Waals surface area contributed by atoms with Crippen molar-refractivity contribution in [2.45, 2.75) is 30.3 Å². The second-order valence-corrected chi connectivity index (χ2v) is 8.24. The van der Waals surface area contributed by atoms with E-state index in [1.54, 1.807) is 14.2 Å². The normalized spacial score (nSPS) is 27.3. The van der Waals surface area contributed by atoms with Gasteiger partial charge in [-0.1, -0.05) is 48.6 Å². The van der Waals surface area contributed by atoms with Gasteiger partial charge in [-0.25, -0.2) is 0 Å². The molecule has 6 nitrogen and oxygen atoms in total. The maximum atomic E-state index is 13.3. The van der Waals surface area contributed by atoms with Crippen LogP contribution in [0.1, 0.15) is 29.9 Å². The Morgan fingerprint density at radius 3 is 2.41 bits per heavy atom. The molecule has 0 aromatic heterocycles. The van der Waals surface area contributed by atoms with Gasteiger partial charge in [0.25, 0.3) is 0 Å². The van der Waals surface area contributed by atoms with Crippen LogP contribution in [-0.2, 0) is 14.3 Å². The third kappa shape index (κ3) is 3.39. The number of esters is 1. The van der Waals surface area contributed by atoms with Crippen molar-refractivity contribution < 1.29 is 23.8 Å². The van der Waals surface area contributed by atoms with Crippen molar-refractivity contribution >= 4 is 18.3 Å². The average molecular weight is 436 g/mol. The molecule has 4 rings (SSSR count). The van der Waals surface area contributed by atoms with Gasteiger partial charge in [-0.3, -0.25) is 9.69 Å². The minimum absolute atomic E-state index is 0.256. The van der Waals surface area contributed by atoms with Gasteiger partial charge in [0, 0.05) is 29.0 Å². The average Bonchev–Trinajstić information content (AvgIpc) is 3.38.